The predicted octanol–water partition coefficient (Wildman–Crippen LogP) is 1.85. The summed E-state index contributed by atoms with van der Waals surface area (Å²) in [6, 6.07) is 6.86. The van der Waals surface area contributed by atoms with E-state index in [2.05, 4.69) is 12.2 Å². The fraction of sp³-hybridized carbons (Fsp3) is 0.500. The van der Waals surface area contributed by atoms with E-state index >= 15 is 0 Å². The zero-order valence-electron chi connectivity index (χ0n) is 9.93. The van der Waals surface area contributed by atoms with E-state index in [0.29, 0.717) is 12.6 Å². The molecule has 0 bridgehead atoms. The van der Waals surface area contributed by atoms with Crippen molar-refractivity contribution in [2.75, 3.05) is 6.61 Å². The summed E-state index contributed by atoms with van der Waals surface area (Å²) < 4.78 is 0. The number of nitrogens with zero attached hydrogens (tertiary/aromatic N) is 1. The van der Waals surface area contributed by atoms with E-state index in [-0.39, 0.29) is 12.3 Å². The van der Waals surface area contributed by atoms with E-state index in [9.17, 15) is 10.1 Å². The molecule has 0 aromatic heterocycles. The lowest BCUT2D eigenvalue weighted by molar-refractivity contribution is -0.384. The van der Waals surface area contributed by atoms with E-state index in [0.717, 1.165) is 18.4 Å². The topological polar surface area (TPSA) is 75.4 Å². The number of hydrogen-bond donors (Lipinski definition) is 2. The van der Waals surface area contributed by atoms with Crippen molar-refractivity contribution in [1.29, 1.82) is 0 Å². The molecule has 0 aliphatic heterocycles. The Morgan fingerprint density at radius 2 is 2.06 bits per heavy atom. The Morgan fingerprint density at radius 3 is 2.59 bits per heavy atom. The van der Waals surface area contributed by atoms with Gasteiger partial charge in [-0.25, -0.2) is 0 Å². The van der Waals surface area contributed by atoms with Gasteiger partial charge < -0.3 is 10.4 Å². The number of hydrogen-bond acceptors (Lipinski definition) is 4. The highest BCUT2D eigenvalue weighted by Gasteiger charge is 2.05. The SMILES string of the molecule is CC(CCCO)NCc1ccc([N+](=O)[O-])cc1. The summed E-state index contributed by atoms with van der Waals surface area (Å²) in [6.45, 7) is 2.95. The van der Waals surface area contributed by atoms with E-state index in [4.69, 9.17) is 5.11 Å². The second-order valence-electron chi connectivity index (χ2n) is 4.07. The summed E-state index contributed by atoms with van der Waals surface area (Å²) >= 11 is 0. The van der Waals surface area contributed by atoms with Crippen LogP contribution < -0.4 is 5.32 Å². The number of aliphatic hydroxyl groups is 1. The average molecular weight is 238 g/mol. The second-order valence-corrected chi connectivity index (χ2v) is 4.07. The third-order valence-electron chi connectivity index (χ3n) is 2.60. The van der Waals surface area contributed by atoms with Crippen LogP contribution in [0.4, 0.5) is 5.69 Å². The van der Waals surface area contributed by atoms with Crippen LogP contribution in [0.25, 0.3) is 0 Å². The van der Waals surface area contributed by atoms with Crippen LogP contribution in [0, 0.1) is 10.1 Å². The molecule has 0 spiro atoms. The first kappa shape index (κ1) is 13.6. The molecule has 1 rings (SSSR count). The van der Waals surface area contributed by atoms with Crippen LogP contribution in [-0.4, -0.2) is 22.7 Å². The molecule has 0 aliphatic carbocycles. The Labute approximate surface area is 101 Å². The normalized spacial score (nSPS) is 12.4. The number of rotatable bonds is 7. The molecule has 0 amide bonds. The fourth-order valence-corrected chi connectivity index (χ4v) is 1.53. The van der Waals surface area contributed by atoms with Gasteiger partial charge in [0.25, 0.3) is 5.69 Å². The molecule has 0 aliphatic rings. The van der Waals surface area contributed by atoms with Crippen molar-refractivity contribution in [3.05, 3.63) is 39.9 Å². The van der Waals surface area contributed by atoms with Gasteiger partial charge in [-0.15, -0.1) is 0 Å². The zero-order valence-corrected chi connectivity index (χ0v) is 9.93. The van der Waals surface area contributed by atoms with Gasteiger partial charge in [0.1, 0.15) is 0 Å². The number of benzene rings is 1. The van der Waals surface area contributed by atoms with E-state index in [1.165, 1.54) is 12.1 Å². The van der Waals surface area contributed by atoms with Crippen LogP contribution in [0.15, 0.2) is 24.3 Å². The summed E-state index contributed by atoms with van der Waals surface area (Å²) in [7, 11) is 0. The lowest BCUT2D eigenvalue weighted by Gasteiger charge is -2.12. The Kier molecular flexibility index (Phi) is 5.59. The largest absolute Gasteiger partial charge is 0.396 e. The van der Waals surface area contributed by atoms with Crippen molar-refractivity contribution >= 4 is 5.69 Å². The summed E-state index contributed by atoms with van der Waals surface area (Å²) in [6.07, 6.45) is 1.71. The molecule has 5 heteroatoms. The highest BCUT2D eigenvalue weighted by atomic mass is 16.6. The Bertz CT molecular complexity index is 351. The summed E-state index contributed by atoms with van der Waals surface area (Å²) in [5, 5.41) is 22.5. The smallest absolute Gasteiger partial charge is 0.269 e. The van der Waals surface area contributed by atoms with Gasteiger partial charge in [-0.05, 0) is 25.3 Å². The highest BCUT2D eigenvalue weighted by molar-refractivity contribution is 5.32. The maximum absolute atomic E-state index is 10.5. The third-order valence-corrected chi connectivity index (χ3v) is 2.60. The molecule has 1 aromatic carbocycles. The standard InChI is InChI=1S/C12H18N2O3/c1-10(3-2-8-15)13-9-11-4-6-12(7-5-11)14(16)17/h4-7,10,13,15H,2-3,8-9H2,1H3. The molecule has 94 valence electrons. The molecule has 0 saturated heterocycles. The lowest BCUT2D eigenvalue weighted by atomic mass is 10.1. The van der Waals surface area contributed by atoms with Gasteiger partial charge in [-0.2, -0.15) is 0 Å². The van der Waals surface area contributed by atoms with Gasteiger partial charge in [0.05, 0.1) is 4.92 Å². The maximum atomic E-state index is 10.5. The monoisotopic (exact) mass is 238 g/mol. The van der Waals surface area contributed by atoms with Gasteiger partial charge in [-0.3, -0.25) is 10.1 Å². The molecule has 1 aromatic rings. The molecular weight excluding hydrogens is 220 g/mol. The van der Waals surface area contributed by atoms with Crippen LogP contribution in [-0.2, 0) is 6.54 Å². The molecule has 2 N–H and O–H groups in total. The van der Waals surface area contributed by atoms with E-state index in [1.807, 2.05) is 0 Å². The summed E-state index contributed by atoms with van der Waals surface area (Å²) in [5.41, 5.74) is 1.13. The third kappa shape index (κ3) is 4.93. The fourth-order valence-electron chi connectivity index (χ4n) is 1.53. The van der Waals surface area contributed by atoms with Gasteiger partial charge in [0, 0.05) is 31.3 Å². The van der Waals surface area contributed by atoms with Gasteiger partial charge in [0.2, 0.25) is 0 Å². The molecule has 1 unspecified atom stereocenters. The number of nitro groups is 1. The molecule has 0 radical (unpaired) electrons. The van der Waals surface area contributed by atoms with Crippen LogP contribution in [0.5, 0.6) is 0 Å². The molecule has 0 heterocycles. The number of nitrogens with one attached hydrogen (secondary N) is 1. The first-order valence-electron chi connectivity index (χ1n) is 5.71. The zero-order chi connectivity index (χ0) is 12.7. The first-order valence-corrected chi connectivity index (χ1v) is 5.71. The van der Waals surface area contributed by atoms with Crippen molar-refractivity contribution in [2.45, 2.75) is 32.4 Å². The van der Waals surface area contributed by atoms with Crippen LogP contribution >= 0.6 is 0 Å². The molecular formula is C12H18N2O3. The lowest BCUT2D eigenvalue weighted by Crippen LogP contribution is -2.25. The average Bonchev–Trinajstić information content (AvgIpc) is 2.34. The van der Waals surface area contributed by atoms with Gasteiger partial charge in [-0.1, -0.05) is 12.1 Å². The van der Waals surface area contributed by atoms with Crippen molar-refractivity contribution < 1.29 is 10.0 Å². The van der Waals surface area contributed by atoms with Gasteiger partial charge >= 0.3 is 0 Å². The van der Waals surface area contributed by atoms with Gasteiger partial charge in [0.15, 0.2) is 0 Å². The second kappa shape index (κ2) is 6.98. The minimum atomic E-state index is -0.402. The number of non-ortho nitro benzene ring substituents is 1. The molecule has 0 saturated carbocycles. The highest BCUT2D eigenvalue weighted by Crippen LogP contribution is 2.11. The Hall–Kier alpha value is -1.46. The minimum Gasteiger partial charge on any atom is -0.396 e. The number of aliphatic hydroxyl groups excluding tert-OH is 1. The maximum Gasteiger partial charge on any atom is 0.269 e. The van der Waals surface area contributed by atoms with Crippen molar-refractivity contribution in [1.82, 2.24) is 5.32 Å². The minimum absolute atomic E-state index is 0.113. The molecule has 0 fully saturated rings. The van der Waals surface area contributed by atoms with Crippen LogP contribution in [0.3, 0.4) is 0 Å². The van der Waals surface area contributed by atoms with Crippen molar-refractivity contribution in [2.24, 2.45) is 0 Å². The molecule has 5 nitrogen and oxygen atoms in total. The summed E-state index contributed by atoms with van der Waals surface area (Å²) in [5.74, 6) is 0. The molecule has 17 heavy (non-hydrogen) atoms. The first-order chi connectivity index (χ1) is 8.13. The van der Waals surface area contributed by atoms with E-state index in [1.54, 1.807) is 12.1 Å². The predicted molar refractivity (Wildman–Crippen MR) is 65.7 cm³/mol. The van der Waals surface area contributed by atoms with Crippen LogP contribution in [0.1, 0.15) is 25.3 Å². The Morgan fingerprint density at radius 1 is 1.41 bits per heavy atom. The van der Waals surface area contributed by atoms with Crippen molar-refractivity contribution in [3.8, 4) is 0 Å². The van der Waals surface area contributed by atoms with E-state index < -0.39 is 4.92 Å². The van der Waals surface area contributed by atoms with Crippen molar-refractivity contribution in [3.63, 3.8) is 0 Å². The van der Waals surface area contributed by atoms with Crippen LogP contribution in [0.2, 0.25) is 0 Å². The summed E-state index contributed by atoms with van der Waals surface area (Å²) in [4.78, 5) is 10.1. The molecule has 1 atom stereocenters. The Balaban J connectivity index is 2.39. The quantitative estimate of drug-likeness (QED) is 0.561. The number of nitro benzene ring substituents is 1.